The zero-order chi connectivity index (χ0) is 36.1. The van der Waals surface area contributed by atoms with E-state index in [1.54, 1.807) is 43.3 Å². The zero-order valence-corrected chi connectivity index (χ0v) is 29.7. The molecule has 51 heavy (non-hydrogen) atoms. The summed E-state index contributed by atoms with van der Waals surface area (Å²) in [6, 6.07) is 9.49. The summed E-state index contributed by atoms with van der Waals surface area (Å²) in [7, 11) is -0.569. The van der Waals surface area contributed by atoms with Crippen LogP contribution in [0.3, 0.4) is 0 Å². The minimum Gasteiger partial charge on any atom is -0.496 e. The van der Waals surface area contributed by atoms with Gasteiger partial charge in [-0.25, -0.2) is 17.8 Å². The number of rotatable bonds is 7. The van der Waals surface area contributed by atoms with Gasteiger partial charge in [0.05, 0.1) is 35.1 Å². The molecule has 1 aromatic heterocycles. The van der Waals surface area contributed by atoms with Crippen LogP contribution < -0.4 is 19.5 Å². The first-order chi connectivity index (χ1) is 24.4. The monoisotopic (exact) mass is 719 g/mol. The lowest BCUT2D eigenvalue weighted by atomic mass is 9.93. The number of carbonyl (C=O) groups excluding carboxylic acids is 3. The van der Waals surface area contributed by atoms with Crippen LogP contribution in [0.5, 0.6) is 11.6 Å². The van der Waals surface area contributed by atoms with Crippen molar-refractivity contribution in [2.24, 2.45) is 17.8 Å². The van der Waals surface area contributed by atoms with Crippen molar-refractivity contribution in [1.82, 2.24) is 24.9 Å². The lowest BCUT2D eigenvalue weighted by Crippen LogP contribution is -2.54. The van der Waals surface area contributed by atoms with E-state index in [1.165, 1.54) is 12.1 Å². The van der Waals surface area contributed by atoms with Crippen molar-refractivity contribution < 1.29 is 36.7 Å². The summed E-state index contributed by atoms with van der Waals surface area (Å²) in [5.74, 6) is -2.85. The summed E-state index contributed by atoms with van der Waals surface area (Å²) < 4.78 is 54.1. The summed E-state index contributed by atoms with van der Waals surface area (Å²) in [5, 5.41) is 2.89. The first kappa shape index (κ1) is 34.8. The lowest BCUT2D eigenvalue weighted by molar-refractivity contribution is -0.140. The topological polar surface area (TPSA) is 157 Å². The number of carbonyl (C=O) groups is 3. The van der Waals surface area contributed by atoms with E-state index < -0.39 is 56.4 Å². The number of allylic oxidation sites excluding steroid dienone is 1. The molecule has 14 heteroatoms. The maximum Gasteiger partial charge on any atom is 0.259 e. The van der Waals surface area contributed by atoms with E-state index in [1.807, 2.05) is 19.1 Å². The third kappa shape index (κ3) is 6.89. The van der Waals surface area contributed by atoms with Crippen LogP contribution in [0.25, 0.3) is 22.3 Å². The van der Waals surface area contributed by atoms with Crippen LogP contribution in [0.15, 0.2) is 48.6 Å². The number of hydrogen-bond acceptors (Lipinski definition) is 9. The summed E-state index contributed by atoms with van der Waals surface area (Å²) in [6.45, 7) is 2.37. The summed E-state index contributed by atoms with van der Waals surface area (Å²) >= 11 is 0. The quantitative estimate of drug-likeness (QED) is 0.342. The molecule has 0 saturated heterocycles. The highest BCUT2D eigenvalue weighted by Crippen LogP contribution is 2.47. The molecule has 0 radical (unpaired) electrons. The van der Waals surface area contributed by atoms with Crippen molar-refractivity contribution in [2.75, 3.05) is 20.7 Å². The Kier molecular flexibility index (Phi) is 9.23. The van der Waals surface area contributed by atoms with Gasteiger partial charge in [-0.1, -0.05) is 24.3 Å². The van der Waals surface area contributed by atoms with E-state index >= 15 is 0 Å². The molecule has 1 aliphatic heterocycles. The Morgan fingerprint density at radius 1 is 1.10 bits per heavy atom. The van der Waals surface area contributed by atoms with Crippen LogP contribution in [0.2, 0.25) is 0 Å². The smallest absolute Gasteiger partial charge is 0.259 e. The molecule has 3 amide bonds. The fraction of sp³-hybridized carbons (Fsp3) is 0.486. The zero-order valence-electron chi connectivity index (χ0n) is 28.9. The number of halogens is 1. The van der Waals surface area contributed by atoms with Gasteiger partial charge in [0.1, 0.15) is 23.2 Å². The molecular weight excluding hydrogens is 678 g/mol. The van der Waals surface area contributed by atoms with E-state index in [-0.39, 0.29) is 42.8 Å². The highest BCUT2D eigenvalue weighted by molar-refractivity contribution is 7.91. The largest absolute Gasteiger partial charge is 0.496 e. The predicted octanol–water partition coefficient (Wildman–Crippen LogP) is 4.21. The molecule has 4 aliphatic rings. The predicted molar refractivity (Wildman–Crippen MR) is 187 cm³/mol. The van der Waals surface area contributed by atoms with Crippen molar-refractivity contribution in [3.05, 3.63) is 59.9 Å². The van der Waals surface area contributed by atoms with Crippen molar-refractivity contribution >= 4 is 38.6 Å². The molecule has 0 unspecified atom stereocenters. The minimum absolute atomic E-state index is 0.143. The van der Waals surface area contributed by atoms with Crippen molar-refractivity contribution in [3.63, 3.8) is 0 Å². The number of sulfonamides is 1. The fourth-order valence-corrected chi connectivity index (χ4v) is 8.77. The summed E-state index contributed by atoms with van der Waals surface area (Å²) in [5.41, 5.74) is 0.291. The van der Waals surface area contributed by atoms with Gasteiger partial charge in [0.25, 0.3) is 5.91 Å². The van der Waals surface area contributed by atoms with E-state index in [4.69, 9.17) is 19.4 Å². The second-order valence-electron chi connectivity index (χ2n) is 14.2. The third-order valence-electron chi connectivity index (χ3n) is 10.6. The molecule has 2 N–H and O–H groups in total. The molecule has 0 bridgehead atoms. The molecule has 7 rings (SSSR count). The van der Waals surface area contributed by atoms with Crippen LogP contribution in [0, 0.1) is 30.5 Å². The van der Waals surface area contributed by atoms with Crippen molar-refractivity contribution in [1.29, 1.82) is 0 Å². The molecular formula is C37H42FN5O7S. The molecule has 270 valence electrons. The van der Waals surface area contributed by atoms with Gasteiger partial charge in [0.15, 0.2) is 5.82 Å². The van der Waals surface area contributed by atoms with E-state index in [0.717, 1.165) is 24.8 Å². The highest BCUT2D eigenvalue weighted by atomic mass is 32.2. The molecule has 2 heterocycles. The minimum atomic E-state index is -3.85. The number of benzene rings is 2. The van der Waals surface area contributed by atoms with Gasteiger partial charge in [0.2, 0.25) is 27.7 Å². The number of fused-ring (bicyclic) bond motifs is 3. The summed E-state index contributed by atoms with van der Waals surface area (Å²) in [6.07, 6.45) is 7.09. The standard InChI is InChI=1S/C37H42FN5O7S/c1-21-30(49-3)15-14-27-31(21)39-32(22-9-8-11-24(38)17-22)40-34(27)50-25-18-28-29(19-25)35(45)43(2)16-7-5-4-6-10-23-20-37(23,41-33(28)44)36(46)42-51(47,48)26-12-13-26/h6,8-11,14-15,17,23,25-26,28-29H,4-5,7,12-13,16,18-20H2,1-3H3,(H,41,44)(H,42,46)/t23-,25-,28-,29-,37-/m1/s1. The number of methoxy groups -OCH3 is 1. The normalized spacial score (nSPS) is 26.9. The molecule has 3 fully saturated rings. The van der Waals surface area contributed by atoms with E-state index in [2.05, 4.69) is 10.0 Å². The van der Waals surface area contributed by atoms with Gasteiger partial charge in [0, 0.05) is 30.6 Å². The lowest BCUT2D eigenvalue weighted by Gasteiger charge is -2.26. The number of hydrogen-bond donors (Lipinski definition) is 2. The number of nitrogens with one attached hydrogen (secondary N) is 2. The van der Waals surface area contributed by atoms with Crippen LogP contribution >= 0.6 is 0 Å². The Morgan fingerprint density at radius 2 is 1.88 bits per heavy atom. The number of amides is 3. The van der Waals surface area contributed by atoms with Gasteiger partial charge in [-0.15, -0.1) is 0 Å². The SMILES string of the molecule is COc1ccc2c(O[C@@H]3C[C@H]4C(=O)N[C@]5(C(=O)NS(=O)(=O)C6CC6)C[C@H]5C=CCCCCN(C)C(=O)[C@@H]4C3)nc(-c3cccc(F)c3)nc2c1C. The molecule has 5 atom stereocenters. The Bertz CT molecular complexity index is 2040. The average Bonchev–Trinajstić information content (AvgIpc) is 4.03. The van der Waals surface area contributed by atoms with Gasteiger partial charge >= 0.3 is 0 Å². The first-order valence-corrected chi connectivity index (χ1v) is 19.0. The van der Waals surface area contributed by atoms with E-state index in [9.17, 15) is 27.2 Å². The summed E-state index contributed by atoms with van der Waals surface area (Å²) in [4.78, 5) is 52.8. The second kappa shape index (κ2) is 13.5. The van der Waals surface area contributed by atoms with Crippen molar-refractivity contribution in [3.8, 4) is 23.0 Å². The van der Waals surface area contributed by atoms with Crippen LogP contribution in [0.1, 0.15) is 56.9 Å². The van der Waals surface area contributed by atoms with Crippen molar-refractivity contribution in [2.45, 2.75) is 75.2 Å². The van der Waals surface area contributed by atoms with Crippen LogP contribution in [-0.2, 0) is 24.4 Å². The maximum atomic E-state index is 14.3. The number of nitrogens with zero attached hydrogens (tertiary/aromatic N) is 3. The molecule has 12 nitrogen and oxygen atoms in total. The Morgan fingerprint density at radius 3 is 2.63 bits per heavy atom. The maximum absolute atomic E-state index is 14.3. The number of aromatic nitrogens is 2. The molecule has 3 saturated carbocycles. The van der Waals surface area contributed by atoms with Gasteiger partial charge < -0.3 is 19.7 Å². The molecule has 2 aromatic carbocycles. The van der Waals surface area contributed by atoms with Gasteiger partial charge in [-0.2, -0.15) is 4.98 Å². The Balaban J connectivity index is 1.21. The Hall–Kier alpha value is -4.59. The number of ether oxygens (including phenoxy) is 2. The van der Waals surface area contributed by atoms with Crippen LogP contribution in [-0.4, -0.2) is 78.6 Å². The molecule has 3 aromatic rings. The van der Waals surface area contributed by atoms with Gasteiger partial charge in [-0.05, 0) is 82.6 Å². The Labute approximate surface area is 296 Å². The van der Waals surface area contributed by atoms with Crippen LogP contribution in [0.4, 0.5) is 4.39 Å². The average molecular weight is 720 g/mol. The second-order valence-corrected chi connectivity index (χ2v) is 16.2. The molecule has 0 spiro atoms. The molecule has 3 aliphatic carbocycles. The first-order valence-electron chi connectivity index (χ1n) is 17.5. The van der Waals surface area contributed by atoms with E-state index in [0.29, 0.717) is 41.6 Å². The third-order valence-corrected chi connectivity index (χ3v) is 12.4. The highest BCUT2D eigenvalue weighted by Gasteiger charge is 2.62. The van der Waals surface area contributed by atoms with Gasteiger partial charge in [-0.3, -0.25) is 19.1 Å². The fourth-order valence-electron chi connectivity index (χ4n) is 7.40. The number of aryl methyl sites for hydroxylation is 1.